The van der Waals surface area contributed by atoms with Crippen molar-refractivity contribution in [3.63, 3.8) is 0 Å². The van der Waals surface area contributed by atoms with Crippen molar-refractivity contribution in [3.8, 4) is 0 Å². The van der Waals surface area contributed by atoms with Crippen LogP contribution in [-0.4, -0.2) is 9.96 Å². The lowest BCUT2D eigenvalue weighted by atomic mass is 10.2. The zero-order chi connectivity index (χ0) is 14.5. The summed E-state index contributed by atoms with van der Waals surface area (Å²) < 4.78 is 49.3. The highest BCUT2D eigenvalue weighted by Gasteiger charge is 2.31. The predicted molar refractivity (Wildman–Crippen MR) is 71.3 cm³/mol. The molecule has 2 N–H and O–H groups in total. The molecule has 0 aromatic heterocycles. The number of alkyl halides is 3. The van der Waals surface area contributed by atoms with Gasteiger partial charge in [-0.1, -0.05) is 26.2 Å². The minimum atomic E-state index is -4.42. The number of hydrogen-bond acceptors (Lipinski definition) is 2. The minimum Gasteiger partial charge on any atom is -0.398 e. The topological polar surface area (TPSA) is 43.1 Å². The van der Waals surface area contributed by atoms with Crippen LogP contribution in [0, 0.1) is 0 Å². The van der Waals surface area contributed by atoms with Crippen molar-refractivity contribution in [2.45, 2.75) is 43.7 Å². The van der Waals surface area contributed by atoms with E-state index in [9.17, 15) is 17.4 Å². The number of hydrogen-bond donors (Lipinski definition) is 1. The fourth-order valence-electron chi connectivity index (χ4n) is 1.70. The molecule has 0 radical (unpaired) electrons. The van der Waals surface area contributed by atoms with E-state index < -0.39 is 22.5 Å². The molecule has 0 spiro atoms. The molecule has 19 heavy (non-hydrogen) atoms. The zero-order valence-electron chi connectivity index (χ0n) is 10.8. The summed E-state index contributed by atoms with van der Waals surface area (Å²) in [5.74, 6) is 0.440. The highest BCUT2D eigenvalue weighted by Crippen LogP contribution is 2.32. The van der Waals surface area contributed by atoms with Gasteiger partial charge in [0.2, 0.25) is 0 Å². The molecule has 0 fully saturated rings. The highest BCUT2D eigenvalue weighted by atomic mass is 32.2. The van der Waals surface area contributed by atoms with Gasteiger partial charge in [-0.15, -0.1) is 0 Å². The molecule has 1 aromatic carbocycles. The van der Waals surface area contributed by atoms with Crippen LogP contribution in [0.2, 0.25) is 0 Å². The summed E-state index contributed by atoms with van der Waals surface area (Å²) in [5, 5.41) is 0. The van der Waals surface area contributed by atoms with Gasteiger partial charge in [0, 0.05) is 11.4 Å². The van der Waals surface area contributed by atoms with Crippen LogP contribution in [0.1, 0.15) is 38.2 Å². The Morgan fingerprint density at radius 1 is 1.21 bits per heavy atom. The van der Waals surface area contributed by atoms with E-state index >= 15 is 0 Å². The molecule has 108 valence electrons. The second-order valence-electron chi connectivity index (χ2n) is 4.36. The third-order valence-corrected chi connectivity index (χ3v) is 4.29. The van der Waals surface area contributed by atoms with Gasteiger partial charge in [0.25, 0.3) is 0 Å². The Labute approximate surface area is 113 Å². The Hall–Kier alpha value is -1.04. The number of benzene rings is 1. The van der Waals surface area contributed by atoms with Gasteiger partial charge in [-0.25, -0.2) is 0 Å². The fourth-order valence-corrected chi connectivity index (χ4v) is 2.93. The molecule has 6 heteroatoms. The Bertz CT molecular complexity index is 446. The van der Waals surface area contributed by atoms with E-state index in [2.05, 4.69) is 6.92 Å². The van der Waals surface area contributed by atoms with Crippen molar-refractivity contribution in [1.29, 1.82) is 0 Å². The van der Waals surface area contributed by atoms with Crippen molar-refractivity contribution < 1.29 is 17.4 Å². The van der Waals surface area contributed by atoms with E-state index in [0.717, 1.165) is 37.8 Å². The largest absolute Gasteiger partial charge is 0.416 e. The van der Waals surface area contributed by atoms with Gasteiger partial charge in [-0.3, -0.25) is 4.21 Å². The lowest BCUT2D eigenvalue weighted by molar-refractivity contribution is -0.137. The van der Waals surface area contributed by atoms with Crippen LogP contribution in [0.25, 0.3) is 0 Å². The first-order valence-electron chi connectivity index (χ1n) is 6.21. The van der Waals surface area contributed by atoms with Crippen LogP contribution in [0.5, 0.6) is 0 Å². The molecule has 0 heterocycles. The van der Waals surface area contributed by atoms with Crippen molar-refractivity contribution in [2.75, 3.05) is 11.5 Å². The second-order valence-corrected chi connectivity index (χ2v) is 5.90. The van der Waals surface area contributed by atoms with E-state index in [1.807, 2.05) is 0 Å². The van der Waals surface area contributed by atoms with Gasteiger partial charge < -0.3 is 5.73 Å². The van der Waals surface area contributed by atoms with Gasteiger partial charge in [0.1, 0.15) is 0 Å². The van der Waals surface area contributed by atoms with Gasteiger partial charge in [-0.2, -0.15) is 13.2 Å². The predicted octanol–water partition coefficient (Wildman–Crippen LogP) is 3.98. The molecular weight excluding hydrogens is 275 g/mol. The average molecular weight is 293 g/mol. The molecule has 0 aliphatic rings. The maximum absolute atomic E-state index is 12.5. The van der Waals surface area contributed by atoms with Crippen LogP contribution in [-0.2, 0) is 17.0 Å². The average Bonchev–Trinajstić information content (AvgIpc) is 2.33. The Balaban J connectivity index is 2.71. The molecule has 0 bridgehead atoms. The minimum absolute atomic E-state index is 0.0522. The normalized spacial score (nSPS) is 13.5. The molecule has 0 amide bonds. The van der Waals surface area contributed by atoms with Gasteiger partial charge in [0.15, 0.2) is 0 Å². The number of nitrogen functional groups attached to an aromatic ring is 1. The van der Waals surface area contributed by atoms with Crippen LogP contribution >= 0.6 is 0 Å². The van der Waals surface area contributed by atoms with E-state index in [-0.39, 0.29) is 5.69 Å². The van der Waals surface area contributed by atoms with Crippen molar-refractivity contribution in [2.24, 2.45) is 0 Å². The number of nitrogens with two attached hydrogens (primary N) is 1. The van der Waals surface area contributed by atoms with Gasteiger partial charge in [-0.05, 0) is 24.6 Å². The standard InChI is InChI=1S/C13H18F3NOS/c1-2-3-4-5-8-19(18)12-7-6-10(9-11(12)17)13(14,15)16/h6-7,9H,2-5,8,17H2,1H3. The summed E-state index contributed by atoms with van der Waals surface area (Å²) in [7, 11) is -1.33. The van der Waals surface area contributed by atoms with Crippen LogP contribution in [0.4, 0.5) is 18.9 Å². The number of halogens is 3. The molecule has 1 atom stereocenters. The molecule has 2 nitrogen and oxygen atoms in total. The molecule has 1 rings (SSSR count). The first-order valence-corrected chi connectivity index (χ1v) is 7.53. The van der Waals surface area contributed by atoms with E-state index in [4.69, 9.17) is 5.73 Å². The van der Waals surface area contributed by atoms with Crippen LogP contribution in [0.3, 0.4) is 0 Å². The monoisotopic (exact) mass is 293 g/mol. The van der Waals surface area contributed by atoms with Gasteiger partial charge >= 0.3 is 6.18 Å². The van der Waals surface area contributed by atoms with Crippen LogP contribution < -0.4 is 5.73 Å². The maximum atomic E-state index is 12.5. The van der Waals surface area contributed by atoms with Crippen molar-refractivity contribution in [3.05, 3.63) is 23.8 Å². The zero-order valence-corrected chi connectivity index (χ0v) is 11.6. The maximum Gasteiger partial charge on any atom is 0.416 e. The molecule has 1 aromatic rings. The van der Waals surface area contributed by atoms with Crippen molar-refractivity contribution in [1.82, 2.24) is 0 Å². The lowest BCUT2D eigenvalue weighted by Gasteiger charge is -2.10. The fraction of sp³-hybridized carbons (Fsp3) is 0.538. The second kappa shape index (κ2) is 6.93. The molecule has 0 saturated heterocycles. The highest BCUT2D eigenvalue weighted by molar-refractivity contribution is 7.85. The summed E-state index contributed by atoms with van der Waals surface area (Å²) in [6.45, 7) is 2.07. The number of unbranched alkanes of at least 4 members (excludes halogenated alkanes) is 3. The van der Waals surface area contributed by atoms with Crippen molar-refractivity contribution >= 4 is 16.5 Å². The third-order valence-electron chi connectivity index (χ3n) is 2.77. The summed E-state index contributed by atoms with van der Waals surface area (Å²) in [6, 6.07) is 2.99. The molecule has 0 saturated carbocycles. The number of rotatable bonds is 6. The molecule has 1 unspecified atom stereocenters. The Kier molecular flexibility index (Phi) is 5.85. The SMILES string of the molecule is CCCCCCS(=O)c1ccc(C(F)(F)F)cc1N. The summed E-state index contributed by atoms with van der Waals surface area (Å²) in [6.07, 6.45) is -0.506. The summed E-state index contributed by atoms with van der Waals surface area (Å²) in [4.78, 5) is 0.296. The van der Waals surface area contributed by atoms with E-state index in [1.165, 1.54) is 6.07 Å². The first kappa shape index (κ1) is 16.0. The molecule has 0 aliphatic carbocycles. The van der Waals surface area contributed by atoms with E-state index in [0.29, 0.717) is 10.6 Å². The molecular formula is C13H18F3NOS. The Morgan fingerprint density at radius 3 is 2.42 bits per heavy atom. The van der Waals surface area contributed by atoms with Gasteiger partial charge in [0.05, 0.1) is 21.3 Å². The third kappa shape index (κ3) is 4.86. The summed E-state index contributed by atoms with van der Waals surface area (Å²) >= 11 is 0. The van der Waals surface area contributed by atoms with E-state index in [1.54, 1.807) is 0 Å². The quantitative estimate of drug-likeness (QED) is 0.637. The van der Waals surface area contributed by atoms with Crippen LogP contribution in [0.15, 0.2) is 23.1 Å². The number of anilines is 1. The summed E-state index contributed by atoms with van der Waals surface area (Å²) in [5.41, 5.74) is 4.70. The Morgan fingerprint density at radius 2 is 1.89 bits per heavy atom. The molecule has 0 aliphatic heterocycles. The smallest absolute Gasteiger partial charge is 0.398 e. The lowest BCUT2D eigenvalue weighted by Crippen LogP contribution is -2.08. The first-order chi connectivity index (χ1) is 8.86.